The van der Waals surface area contributed by atoms with E-state index in [4.69, 9.17) is 4.42 Å². The fourth-order valence-electron chi connectivity index (χ4n) is 1.94. The fraction of sp³-hybridized carbons (Fsp3) is 0.143. The van der Waals surface area contributed by atoms with E-state index in [0.29, 0.717) is 23.0 Å². The van der Waals surface area contributed by atoms with Crippen LogP contribution in [0.25, 0.3) is 22.4 Å². The number of benzene rings is 1. The van der Waals surface area contributed by atoms with Gasteiger partial charge in [0, 0.05) is 18.6 Å². The Kier molecular flexibility index (Phi) is 2.67. The number of hydrogen-bond donors (Lipinski definition) is 1. The fourth-order valence-corrected chi connectivity index (χ4v) is 1.94. The van der Waals surface area contributed by atoms with Crippen molar-refractivity contribution in [2.24, 2.45) is 0 Å². The molecule has 0 radical (unpaired) electrons. The second kappa shape index (κ2) is 4.35. The van der Waals surface area contributed by atoms with Crippen LogP contribution in [0.2, 0.25) is 0 Å². The molecule has 0 aliphatic heterocycles. The largest absolute Gasteiger partial charge is 0.454 e. The molecule has 0 aliphatic carbocycles. The predicted molar refractivity (Wildman–Crippen MR) is 71.5 cm³/mol. The van der Waals surface area contributed by atoms with Crippen LogP contribution in [0.15, 0.2) is 34.9 Å². The summed E-state index contributed by atoms with van der Waals surface area (Å²) in [6, 6.07) is 6.22. The van der Waals surface area contributed by atoms with Crippen molar-refractivity contribution in [2.45, 2.75) is 6.92 Å². The number of aromatic nitrogens is 2. The van der Waals surface area contributed by atoms with Gasteiger partial charge in [-0.15, -0.1) is 0 Å². The Morgan fingerprint density at radius 3 is 2.89 bits per heavy atom. The molecule has 3 rings (SSSR count). The standard InChI is InChI=1S/C14H12FN3O/c1-8-7-17-14(16-2)18-13(8)12-6-9-5-10(15)3-4-11(9)19-12/h3-7H,1-2H3,(H,16,17,18). The van der Waals surface area contributed by atoms with Crippen LogP contribution in [0.4, 0.5) is 10.3 Å². The predicted octanol–water partition coefficient (Wildman–Crippen LogP) is 3.38. The molecule has 1 N–H and O–H groups in total. The molecule has 4 nitrogen and oxygen atoms in total. The van der Waals surface area contributed by atoms with Gasteiger partial charge in [0.1, 0.15) is 17.1 Å². The highest BCUT2D eigenvalue weighted by Crippen LogP contribution is 2.29. The lowest BCUT2D eigenvalue weighted by atomic mass is 10.2. The number of fused-ring (bicyclic) bond motifs is 1. The summed E-state index contributed by atoms with van der Waals surface area (Å²) in [6.45, 7) is 1.91. The molecule has 5 heteroatoms. The molecule has 2 aromatic heterocycles. The Balaban J connectivity index is 2.18. The van der Waals surface area contributed by atoms with Gasteiger partial charge in [0.15, 0.2) is 5.76 Å². The molecule has 0 aliphatic rings. The van der Waals surface area contributed by atoms with E-state index in [1.54, 1.807) is 25.4 Å². The zero-order valence-electron chi connectivity index (χ0n) is 10.6. The van der Waals surface area contributed by atoms with Gasteiger partial charge in [-0.25, -0.2) is 14.4 Å². The van der Waals surface area contributed by atoms with Crippen LogP contribution in [-0.2, 0) is 0 Å². The second-order valence-electron chi connectivity index (χ2n) is 4.27. The normalized spacial score (nSPS) is 10.9. The van der Waals surface area contributed by atoms with Gasteiger partial charge >= 0.3 is 0 Å². The summed E-state index contributed by atoms with van der Waals surface area (Å²) in [5, 5.41) is 3.60. The van der Waals surface area contributed by atoms with Crippen molar-refractivity contribution in [2.75, 3.05) is 12.4 Å². The van der Waals surface area contributed by atoms with Crippen molar-refractivity contribution in [3.8, 4) is 11.5 Å². The summed E-state index contributed by atoms with van der Waals surface area (Å²) in [5.74, 6) is 0.847. The van der Waals surface area contributed by atoms with Gasteiger partial charge in [0.25, 0.3) is 0 Å². The van der Waals surface area contributed by atoms with E-state index in [0.717, 1.165) is 10.9 Å². The number of nitrogens with one attached hydrogen (secondary N) is 1. The number of nitrogens with zero attached hydrogens (tertiary/aromatic N) is 2. The van der Waals surface area contributed by atoms with E-state index in [2.05, 4.69) is 15.3 Å². The van der Waals surface area contributed by atoms with E-state index < -0.39 is 0 Å². The highest BCUT2D eigenvalue weighted by Gasteiger charge is 2.12. The minimum atomic E-state index is -0.282. The number of furan rings is 1. The van der Waals surface area contributed by atoms with Crippen molar-refractivity contribution in [3.63, 3.8) is 0 Å². The third kappa shape index (κ3) is 2.03. The average molecular weight is 257 g/mol. The summed E-state index contributed by atoms with van der Waals surface area (Å²) in [7, 11) is 1.75. The molecule has 0 atom stereocenters. The molecule has 96 valence electrons. The SMILES string of the molecule is CNc1ncc(C)c(-c2cc3cc(F)ccc3o2)n1. The molecule has 0 saturated carbocycles. The van der Waals surface area contributed by atoms with Gasteiger partial charge in [-0.1, -0.05) is 0 Å². The number of halogens is 1. The van der Waals surface area contributed by atoms with Crippen LogP contribution in [-0.4, -0.2) is 17.0 Å². The molecule has 0 bridgehead atoms. The van der Waals surface area contributed by atoms with E-state index in [1.165, 1.54) is 12.1 Å². The van der Waals surface area contributed by atoms with E-state index in [9.17, 15) is 4.39 Å². The van der Waals surface area contributed by atoms with Gasteiger partial charge in [0.2, 0.25) is 5.95 Å². The zero-order valence-corrected chi connectivity index (χ0v) is 10.6. The minimum absolute atomic E-state index is 0.282. The number of aryl methyl sites for hydroxylation is 1. The molecule has 19 heavy (non-hydrogen) atoms. The Labute approximate surface area is 109 Å². The van der Waals surface area contributed by atoms with Gasteiger partial charge in [-0.05, 0) is 36.8 Å². The Bertz CT molecular complexity index is 752. The first-order valence-electron chi connectivity index (χ1n) is 5.88. The first kappa shape index (κ1) is 11.6. The van der Waals surface area contributed by atoms with E-state index in [1.807, 2.05) is 6.92 Å². The number of hydrogen-bond acceptors (Lipinski definition) is 4. The van der Waals surface area contributed by atoms with Crippen molar-refractivity contribution in [1.29, 1.82) is 0 Å². The summed E-state index contributed by atoms with van der Waals surface area (Å²) >= 11 is 0. The summed E-state index contributed by atoms with van der Waals surface area (Å²) in [6.07, 6.45) is 1.72. The third-order valence-corrected chi connectivity index (χ3v) is 2.91. The highest BCUT2D eigenvalue weighted by atomic mass is 19.1. The van der Waals surface area contributed by atoms with Crippen LogP contribution < -0.4 is 5.32 Å². The Morgan fingerprint density at radius 2 is 2.11 bits per heavy atom. The van der Waals surface area contributed by atoms with Crippen molar-refractivity contribution in [1.82, 2.24) is 9.97 Å². The smallest absolute Gasteiger partial charge is 0.223 e. The van der Waals surface area contributed by atoms with Crippen molar-refractivity contribution < 1.29 is 8.81 Å². The maximum Gasteiger partial charge on any atom is 0.223 e. The van der Waals surface area contributed by atoms with Crippen LogP contribution >= 0.6 is 0 Å². The summed E-state index contributed by atoms with van der Waals surface area (Å²) < 4.78 is 18.9. The molecule has 2 heterocycles. The topological polar surface area (TPSA) is 51.0 Å². The second-order valence-corrected chi connectivity index (χ2v) is 4.27. The van der Waals surface area contributed by atoms with Crippen LogP contribution in [0.3, 0.4) is 0 Å². The van der Waals surface area contributed by atoms with Crippen LogP contribution in [0.5, 0.6) is 0 Å². The van der Waals surface area contributed by atoms with Crippen LogP contribution in [0.1, 0.15) is 5.56 Å². The lowest BCUT2D eigenvalue weighted by Gasteiger charge is -2.03. The molecular formula is C14H12FN3O. The number of rotatable bonds is 2. The maximum absolute atomic E-state index is 13.2. The molecular weight excluding hydrogens is 245 g/mol. The summed E-state index contributed by atoms with van der Waals surface area (Å²) in [5.41, 5.74) is 2.25. The molecule has 0 saturated heterocycles. The van der Waals surface area contributed by atoms with Gasteiger partial charge in [-0.3, -0.25) is 0 Å². The van der Waals surface area contributed by atoms with Gasteiger partial charge in [0.05, 0.1) is 0 Å². The molecule has 1 aromatic carbocycles. The molecule has 0 unspecified atom stereocenters. The Morgan fingerprint density at radius 1 is 1.26 bits per heavy atom. The average Bonchev–Trinajstić information content (AvgIpc) is 2.82. The molecule has 0 spiro atoms. The number of anilines is 1. The van der Waals surface area contributed by atoms with Crippen molar-refractivity contribution in [3.05, 3.63) is 41.8 Å². The maximum atomic E-state index is 13.2. The van der Waals surface area contributed by atoms with Gasteiger partial charge < -0.3 is 9.73 Å². The molecule has 0 fully saturated rings. The lowest BCUT2D eigenvalue weighted by molar-refractivity contribution is 0.617. The summed E-state index contributed by atoms with van der Waals surface area (Å²) in [4.78, 5) is 8.50. The monoisotopic (exact) mass is 257 g/mol. The zero-order chi connectivity index (χ0) is 13.4. The lowest BCUT2D eigenvalue weighted by Crippen LogP contribution is -1.98. The quantitative estimate of drug-likeness (QED) is 0.764. The van der Waals surface area contributed by atoms with Crippen molar-refractivity contribution >= 4 is 16.9 Å². The molecule has 3 aromatic rings. The van der Waals surface area contributed by atoms with Gasteiger partial charge in [-0.2, -0.15) is 0 Å². The Hall–Kier alpha value is -2.43. The molecule has 0 amide bonds. The third-order valence-electron chi connectivity index (χ3n) is 2.91. The van der Waals surface area contributed by atoms with E-state index in [-0.39, 0.29) is 5.82 Å². The van der Waals surface area contributed by atoms with Crippen LogP contribution in [0, 0.1) is 12.7 Å². The minimum Gasteiger partial charge on any atom is -0.454 e. The highest BCUT2D eigenvalue weighted by molar-refractivity contribution is 5.82. The first-order valence-corrected chi connectivity index (χ1v) is 5.88. The van der Waals surface area contributed by atoms with E-state index >= 15 is 0 Å². The first-order chi connectivity index (χ1) is 9.17.